The van der Waals surface area contributed by atoms with Gasteiger partial charge >= 0.3 is 15.2 Å². The molecule has 0 heterocycles. The summed E-state index contributed by atoms with van der Waals surface area (Å²) in [5, 5.41) is 0. The molecule has 0 amide bonds. The molecule has 0 rings (SSSR count). The van der Waals surface area contributed by atoms with Crippen molar-refractivity contribution >= 4 is 89.6 Å². The van der Waals surface area contributed by atoms with E-state index in [1.54, 1.807) is 0 Å². The van der Waals surface area contributed by atoms with Crippen molar-refractivity contribution in [1.29, 1.82) is 0 Å². The van der Waals surface area contributed by atoms with Crippen molar-refractivity contribution in [3.63, 3.8) is 0 Å². The Bertz CT molecular complexity index is 829. The highest BCUT2D eigenvalue weighted by atomic mass is 35.5. The van der Waals surface area contributed by atoms with E-state index >= 15 is 0 Å². The van der Waals surface area contributed by atoms with Gasteiger partial charge in [-0.25, -0.2) is 0 Å². The van der Waals surface area contributed by atoms with Crippen LogP contribution >= 0.6 is 89.6 Å². The molecule has 0 saturated heterocycles. The molecule has 12 nitrogen and oxygen atoms in total. The summed E-state index contributed by atoms with van der Waals surface area (Å²) < 4.78 is 51.3. The summed E-state index contributed by atoms with van der Waals surface area (Å²) in [6.45, 7) is 12.6. The standard InChI is InChI=1S/C35H76N6O6P2.6ClH/c1-3-5-7-9-12-30-44-48(42,34-28-40(24-16-20-36)25-17-21-37)46-32-14-11-15-33-47-49(43,45-31-13-10-8-6-4-2)35-29-41(26-18-22-38)27-19-23-39;;;;;;/h7-10H,3-6,11-39H2,1-2H3;6*1H/b9-7-,10-8-;;;;;;. The van der Waals surface area contributed by atoms with Crippen molar-refractivity contribution in [1.82, 2.24) is 9.80 Å². The maximum atomic E-state index is 13.8. The second-order valence-electron chi connectivity index (χ2n) is 12.4. The van der Waals surface area contributed by atoms with E-state index in [1.165, 1.54) is 0 Å². The summed E-state index contributed by atoms with van der Waals surface area (Å²) in [6, 6.07) is 0. The average molecular weight is 958 g/mol. The van der Waals surface area contributed by atoms with Crippen molar-refractivity contribution in [3.8, 4) is 0 Å². The zero-order chi connectivity index (χ0) is 36.3. The van der Waals surface area contributed by atoms with Gasteiger partial charge < -0.3 is 50.8 Å². The summed E-state index contributed by atoms with van der Waals surface area (Å²) in [5.74, 6) is 0. The molecule has 0 aliphatic carbocycles. The minimum atomic E-state index is -3.29. The van der Waals surface area contributed by atoms with E-state index in [9.17, 15) is 9.13 Å². The van der Waals surface area contributed by atoms with Gasteiger partial charge in [-0.2, -0.15) is 0 Å². The van der Waals surface area contributed by atoms with E-state index in [4.69, 9.17) is 41.0 Å². The van der Waals surface area contributed by atoms with Gasteiger partial charge in [0.15, 0.2) is 0 Å². The molecular formula is C35H82Cl6N6O6P2. The zero-order valence-electron chi connectivity index (χ0n) is 33.8. The molecule has 0 aliphatic heterocycles. The Hall–Kier alpha value is 1.28. The minimum absolute atomic E-state index is 0. The summed E-state index contributed by atoms with van der Waals surface area (Å²) >= 11 is 0. The van der Waals surface area contributed by atoms with Gasteiger partial charge in [-0.05, 0) is 123 Å². The fourth-order valence-electron chi connectivity index (χ4n) is 4.90. The van der Waals surface area contributed by atoms with Crippen LogP contribution in [0.3, 0.4) is 0 Å². The average Bonchev–Trinajstić information content (AvgIpc) is 3.10. The van der Waals surface area contributed by atoms with Gasteiger partial charge in [-0.15, -0.1) is 74.4 Å². The molecule has 0 saturated carbocycles. The Morgan fingerprint density at radius 1 is 0.418 bits per heavy atom. The third kappa shape index (κ3) is 44.7. The predicted octanol–water partition coefficient (Wildman–Crippen LogP) is 8.63. The molecule has 0 aliphatic rings. The van der Waals surface area contributed by atoms with Gasteiger partial charge in [0.2, 0.25) is 0 Å². The van der Waals surface area contributed by atoms with E-state index in [2.05, 4.69) is 48.0 Å². The molecule has 0 bridgehead atoms. The van der Waals surface area contributed by atoms with Crippen LogP contribution in [0.15, 0.2) is 24.3 Å². The smallest absolute Gasteiger partial charge is 0.330 e. The van der Waals surface area contributed by atoms with Crippen molar-refractivity contribution in [2.24, 2.45) is 22.9 Å². The molecule has 0 fully saturated rings. The summed E-state index contributed by atoms with van der Waals surface area (Å²) in [5.41, 5.74) is 23.0. The van der Waals surface area contributed by atoms with Gasteiger partial charge in [0.25, 0.3) is 0 Å². The van der Waals surface area contributed by atoms with Crippen LogP contribution in [0.5, 0.6) is 0 Å². The molecule has 0 aromatic carbocycles. The lowest BCUT2D eigenvalue weighted by Gasteiger charge is -2.25. The molecule has 0 radical (unpaired) electrons. The van der Waals surface area contributed by atoms with Crippen LogP contribution in [0.25, 0.3) is 0 Å². The van der Waals surface area contributed by atoms with Crippen molar-refractivity contribution < 1.29 is 27.2 Å². The zero-order valence-corrected chi connectivity index (χ0v) is 40.5. The van der Waals surface area contributed by atoms with Crippen molar-refractivity contribution in [3.05, 3.63) is 24.3 Å². The number of hydrogen-bond donors (Lipinski definition) is 4. The first-order valence-corrected chi connectivity index (χ1v) is 22.6. The Morgan fingerprint density at radius 3 is 1.00 bits per heavy atom. The van der Waals surface area contributed by atoms with Crippen LogP contribution in [0, 0.1) is 0 Å². The molecular weight excluding hydrogens is 875 g/mol. The minimum Gasteiger partial charge on any atom is -0.330 e. The lowest BCUT2D eigenvalue weighted by atomic mass is 10.2. The molecule has 340 valence electrons. The monoisotopic (exact) mass is 954 g/mol. The number of hydrogen-bond acceptors (Lipinski definition) is 12. The number of halogens is 6. The lowest BCUT2D eigenvalue weighted by molar-refractivity contribution is 0.188. The second kappa shape index (κ2) is 51.4. The third-order valence-corrected chi connectivity index (χ3v) is 11.6. The number of nitrogens with zero attached hydrogens (tertiary/aromatic N) is 2. The second-order valence-corrected chi connectivity index (χ2v) is 16.8. The Balaban J connectivity index is -0.000000768. The highest BCUT2D eigenvalue weighted by molar-refractivity contribution is 7.54. The fraction of sp³-hybridized carbons (Fsp3) is 0.886. The first-order valence-electron chi connectivity index (χ1n) is 19.1. The molecule has 0 aromatic heterocycles. The fourth-order valence-corrected chi connectivity index (χ4v) is 8.21. The first kappa shape index (κ1) is 70.8. The molecule has 8 N–H and O–H groups in total. The van der Waals surface area contributed by atoms with Gasteiger partial charge in [0.1, 0.15) is 0 Å². The van der Waals surface area contributed by atoms with Crippen molar-refractivity contribution in [2.45, 2.75) is 97.3 Å². The van der Waals surface area contributed by atoms with E-state index in [1.807, 2.05) is 0 Å². The van der Waals surface area contributed by atoms with Crippen LogP contribution < -0.4 is 22.9 Å². The predicted molar refractivity (Wildman–Crippen MR) is 251 cm³/mol. The summed E-state index contributed by atoms with van der Waals surface area (Å²) in [4.78, 5) is 4.49. The summed E-state index contributed by atoms with van der Waals surface area (Å²) in [7, 11) is -6.59. The summed E-state index contributed by atoms with van der Waals surface area (Å²) in [6.07, 6.45) is 20.3. The van der Waals surface area contributed by atoms with Crippen LogP contribution in [0.2, 0.25) is 0 Å². The highest BCUT2D eigenvalue weighted by Crippen LogP contribution is 2.49. The molecule has 2 atom stereocenters. The van der Waals surface area contributed by atoms with E-state index in [-0.39, 0.29) is 74.4 Å². The van der Waals surface area contributed by atoms with Gasteiger partial charge in [-0.3, -0.25) is 9.13 Å². The third-order valence-electron chi connectivity index (χ3n) is 7.85. The van der Waals surface area contributed by atoms with Crippen LogP contribution in [0.1, 0.15) is 97.3 Å². The molecule has 20 heteroatoms. The van der Waals surface area contributed by atoms with E-state index < -0.39 is 15.2 Å². The molecule has 2 unspecified atom stereocenters. The molecule has 0 aromatic rings. The number of unbranched alkanes of at least 4 members (excludes halogenated alkanes) is 4. The van der Waals surface area contributed by atoms with Crippen molar-refractivity contribution in [2.75, 3.05) is 104 Å². The van der Waals surface area contributed by atoms with Gasteiger partial charge in [0, 0.05) is 13.1 Å². The molecule has 55 heavy (non-hydrogen) atoms. The first-order chi connectivity index (χ1) is 23.8. The van der Waals surface area contributed by atoms with Gasteiger partial charge in [-0.1, -0.05) is 51.0 Å². The number of nitrogens with two attached hydrogens (primary N) is 4. The topological polar surface area (TPSA) is 182 Å². The SMILES string of the molecule is CCC/C=C\CCOP(=O)(CCN(CCCN)CCCN)OCCCCCOP(=O)(CCN(CCCN)CCCN)OCC/C=C\CCC.Cl.Cl.Cl.Cl.Cl.Cl. The largest absolute Gasteiger partial charge is 0.331 e. The normalized spacial score (nSPS) is 13.2. The maximum absolute atomic E-state index is 13.8. The Kier molecular flexibility index (Phi) is 66.2. The lowest BCUT2D eigenvalue weighted by Crippen LogP contribution is -2.31. The van der Waals surface area contributed by atoms with E-state index in [0.717, 1.165) is 84.0 Å². The number of allylic oxidation sites excluding steroid dienone is 2. The maximum Gasteiger partial charge on any atom is 0.331 e. The van der Waals surface area contributed by atoms with Crippen LogP contribution in [-0.2, 0) is 27.2 Å². The van der Waals surface area contributed by atoms with Crippen LogP contribution in [-0.4, -0.2) is 114 Å². The van der Waals surface area contributed by atoms with Crippen LogP contribution in [0.4, 0.5) is 0 Å². The quantitative estimate of drug-likeness (QED) is 0.0263. The van der Waals surface area contributed by atoms with E-state index in [0.29, 0.717) is 104 Å². The Labute approximate surface area is 373 Å². The number of rotatable bonds is 38. The Morgan fingerprint density at radius 2 is 0.709 bits per heavy atom. The van der Waals surface area contributed by atoms with Gasteiger partial charge in [0.05, 0.1) is 38.8 Å². The molecule has 0 spiro atoms. The highest BCUT2D eigenvalue weighted by Gasteiger charge is 2.27.